The van der Waals surface area contributed by atoms with E-state index in [1.165, 1.54) is 18.2 Å². The standard InChI is InChI=1S/C12H13ClN2O2S/c1-9(2)5-6-15-18(16,17)12-7-10(8-14)3-4-11(12)13/h3-5,7,15H,6H2,1-2H3. The third-order valence-corrected chi connectivity index (χ3v) is 4.04. The molecular weight excluding hydrogens is 272 g/mol. The Kier molecular flexibility index (Phi) is 4.91. The molecule has 1 rings (SSSR count). The van der Waals surface area contributed by atoms with Gasteiger partial charge in [0.1, 0.15) is 4.90 Å². The Hall–Kier alpha value is -1.35. The smallest absolute Gasteiger partial charge is 0.207 e. The molecule has 0 spiro atoms. The number of hydrogen-bond acceptors (Lipinski definition) is 3. The molecule has 1 aromatic rings. The van der Waals surface area contributed by atoms with Gasteiger partial charge in [0.25, 0.3) is 0 Å². The molecule has 0 aliphatic rings. The van der Waals surface area contributed by atoms with Crippen molar-refractivity contribution in [1.82, 2.24) is 4.72 Å². The van der Waals surface area contributed by atoms with Crippen LogP contribution in [0.3, 0.4) is 0 Å². The van der Waals surface area contributed by atoms with Crippen molar-refractivity contribution in [2.75, 3.05) is 6.54 Å². The van der Waals surface area contributed by atoms with Crippen LogP contribution in [0.4, 0.5) is 0 Å². The Labute approximate surface area is 112 Å². The zero-order chi connectivity index (χ0) is 13.8. The largest absolute Gasteiger partial charge is 0.242 e. The molecule has 0 unspecified atom stereocenters. The second kappa shape index (κ2) is 6.01. The van der Waals surface area contributed by atoms with Gasteiger partial charge in [-0.2, -0.15) is 5.26 Å². The lowest BCUT2D eigenvalue weighted by Crippen LogP contribution is -2.24. The van der Waals surface area contributed by atoms with Gasteiger partial charge in [-0.3, -0.25) is 0 Å². The Morgan fingerprint density at radius 2 is 2.17 bits per heavy atom. The summed E-state index contributed by atoms with van der Waals surface area (Å²) in [5, 5.41) is 8.85. The maximum atomic E-state index is 12.0. The van der Waals surface area contributed by atoms with Gasteiger partial charge in [0, 0.05) is 6.54 Å². The second-order valence-corrected chi connectivity index (χ2v) is 6.03. The highest BCUT2D eigenvalue weighted by Crippen LogP contribution is 2.22. The molecule has 0 aliphatic carbocycles. The van der Waals surface area contributed by atoms with Gasteiger partial charge in [-0.05, 0) is 32.0 Å². The molecule has 0 aliphatic heterocycles. The molecule has 6 heteroatoms. The van der Waals surface area contributed by atoms with Gasteiger partial charge in [0.2, 0.25) is 10.0 Å². The number of nitriles is 1. The Bertz CT molecular complexity index is 611. The van der Waals surface area contributed by atoms with Crippen molar-refractivity contribution in [2.24, 2.45) is 0 Å². The van der Waals surface area contributed by atoms with Crippen molar-refractivity contribution in [3.8, 4) is 6.07 Å². The summed E-state index contributed by atoms with van der Waals surface area (Å²) in [6.07, 6.45) is 1.75. The first-order valence-corrected chi connectivity index (χ1v) is 7.05. The summed E-state index contributed by atoms with van der Waals surface area (Å²) in [7, 11) is -3.70. The van der Waals surface area contributed by atoms with Crippen LogP contribution in [0.2, 0.25) is 5.02 Å². The van der Waals surface area contributed by atoms with E-state index in [1.807, 2.05) is 19.9 Å². The predicted molar refractivity (Wildman–Crippen MR) is 70.8 cm³/mol. The van der Waals surface area contributed by atoms with Gasteiger partial charge in [-0.25, -0.2) is 13.1 Å². The number of hydrogen-bond donors (Lipinski definition) is 1. The number of halogens is 1. The molecule has 0 saturated heterocycles. The minimum atomic E-state index is -3.70. The summed E-state index contributed by atoms with van der Waals surface area (Å²) in [6.45, 7) is 3.94. The molecule has 4 nitrogen and oxygen atoms in total. The van der Waals surface area contributed by atoms with Crippen molar-refractivity contribution in [3.05, 3.63) is 40.4 Å². The Balaban J connectivity index is 3.05. The first-order chi connectivity index (χ1) is 8.36. The maximum Gasteiger partial charge on any atom is 0.242 e. The second-order valence-electron chi connectivity index (χ2n) is 3.89. The number of rotatable bonds is 4. The number of nitrogens with zero attached hydrogens (tertiary/aromatic N) is 1. The van der Waals surface area contributed by atoms with Crippen LogP contribution >= 0.6 is 11.6 Å². The monoisotopic (exact) mass is 284 g/mol. The van der Waals surface area contributed by atoms with Crippen molar-refractivity contribution >= 4 is 21.6 Å². The van der Waals surface area contributed by atoms with Gasteiger partial charge in [0.05, 0.1) is 16.7 Å². The van der Waals surface area contributed by atoms with Crippen LogP contribution in [0.25, 0.3) is 0 Å². The van der Waals surface area contributed by atoms with Gasteiger partial charge in [-0.1, -0.05) is 23.3 Å². The highest BCUT2D eigenvalue weighted by molar-refractivity contribution is 7.89. The summed E-state index contributed by atoms with van der Waals surface area (Å²) in [5.41, 5.74) is 1.26. The maximum absolute atomic E-state index is 12.0. The minimum absolute atomic E-state index is 0.0784. The van der Waals surface area contributed by atoms with Crippen molar-refractivity contribution < 1.29 is 8.42 Å². The zero-order valence-corrected chi connectivity index (χ0v) is 11.6. The van der Waals surface area contributed by atoms with Crippen molar-refractivity contribution in [3.63, 3.8) is 0 Å². The number of nitrogens with one attached hydrogen (secondary N) is 1. The number of benzene rings is 1. The molecule has 1 N–H and O–H groups in total. The van der Waals surface area contributed by atoms with E-state index in [4.69, 9.17) is 16.9 Å². The fraction of sp³-hybridized carbons (Fsp3) is 0.250. The third-order valence-electron chi connectivity index (χ3n) is 2.13. The van der Waals surface area contributed by atoms with Crippen LogP contribution in [0.1, 0.15) is 19.4 Å². The average molecular weight is 285 g/mol. The van der Waals surface area contributed by atoms with Crippen molar-refractivity contribution in [1.29, 1.82) is 5.26 Å². The lowest BCUT2D eigenvalue weighted by atomic mass is 10.2. The van der Waals surface area contributed by atoms with Crippen molar-refractivity contribution in [2.45, 2.75) is 18.7 Å². The Morgan fingerprint density at radius 3 is 2.72 bits per heavy atom. The minimum Gasteiger partial charge on any atom is -0.207 e. The summed E-state index contributed by atoms with van der Waals surface area (Å²) in [4.78, 5) is -0.0784. The normalized spacial score (nSPS) is 10.8. The molecule has 1 aromatic carbocycles. The predicted octanol–water partition coefficient (Wildman–Crippen LogP) is 2.46. The number of allylic oxidation sites excluding steroid dienone is 1. The quantitative estimate of drug-likeness (QED) is 0.864. The molecule has 0 radical (unpaired) electrons. The van der Waals surface area contributed by atoms with Crippen LogP contribution < -0.4 is 4.72 Å². The SMILES string of the molecule is CC(C)=CCNS(=O)(=O)c1cc(C#N)ccc1Cl. The fourth-order valence-corrected chi connectivity index (χ4v) is 2.70. The highest BCUT2D eigenvalue weighted by Gasteiger charge is 2.17. The molecule has 96 valence electrons. The van der Waals surface area contributed by atoms with Crippen LogP contribution in [0.15, 0.2) is 34.7 Å². The molecule has 0 fully saturated rings. The van der Waals surface area contributed by atoms with Crippen LogP contribution in [-0.4, -0.2) is 15.0 Å². The number of sulfonamides is 1. The van der Waals surface area contributed by atoms with E-state index in [1.54, 1.807) is 6.08 Å². The van der Waals surface area contributed by atoms with E-state index in [2.05, 4.69) is 4.72 Å². The Morgan fingerprint density at radius 1 is 1.50 bits per heavy atom. The summed E-state index contributed by atoms with van der Waals surface area (Å²) < 4.78 is 26.3. The molecule has 0 bridgehead atoms. The van der Waals surface area contributed by atoms with Gasteiger partial charge < -0.3 is 0 Å². The molecule has 0 atom stereocenters. The van der Waals surface area contributed by atoms with Gasteiger partial charge in [0.15, 0.2) is 0 Å². The highest BCUT2D eigenvalue weighted by atomic mass is 35.5. The summed E-state index contributed by atoms with van der Waals surface area (Å²) in [5.74, 6) is 0. The van der Waals surface area contributed by atoms with E-state index in [9.17, 15) is 8.42 Å². The summed E-state index contributed by atoms with van der Waals surface area (Å²) >= 11 is 5.84. The van der Waals surface area contributed by atoms with Crippen LogP contribution in [-0.2, 0) is 10.0 Å². The summed E-state index contributed by atoms with van der Waals surface area (Å²) in [6, 6.07) is 6.00. The van der Waals surface area contributed by atoms with Gasteiger partial charge in [-0.15, -0.1) is 0 Å². The van der Waals surface area contributed by atoms with E-state index in [0.717, 1.165) is 5.57 Å². The van der Waals surface area contributed by atoms with E-state index >= 15 is 0 Å². The molecule has 0 amide bonds. The first-order valence-electron chi connectivity index (χ1n) is 5.19. The van der Waals surface area contributed by atoms with E-state index in [-0.39, 0.29) is 22.0 Å². The topological polar surface area (TPSA) is 70.0 Å². The van der Waals surface area contributed by atoms with Gasteiger partial charge >= 0.3 is 0 Å². The molecule has 0 aromatic heterocycles. The lowest BCUT2D eigenvalue weighted by molar-refractivity contribution is 0.585. The zero-order valence-electron chi connectivity index (χ0n) is 10.1. The molecular formula is C12H13ClN2O2S. The lowest BCUT2D eigenvalue weighted by Gasteiger charge is -2.07. The molecule has 18 heavy (non-hydrogen) atoms. The van der Waals surface area contributed by atoms with Crippen LogP contribution in [0.5, 0.6) is 0 Å². The van der Waals surface area contributed by atoms with Crippen LogP contribution in [0, 0.1) is 11.3 Å². The average Bonchev–Trinajstić information content (AvgIpc) is 2.28. The first kappa shape index (κ1) is 14.7. The van der Waals surface area contributed by atoms with E-state index < -0.39 is 10.0 Å². The molecule has 0 heterocycles. The third kappa shape index (κ3) is 3.84. The molecule has 0 saturated carbocycles. The van der Waals surface area contributed by atoms with E-state index in [0.29, 0.717) is 0 Å². The fourth-order valence-electron chi connectivity index (χ4n) is 1.21.